The molecule has 2 aromatic carbocycles. The van der Waals surface area contributed by atoms with Crippen LogP contribution in [0.4, 0.5) is 5.69 Å². The molecule has 1 aliphatic heterocycles. The minimum absolute atomic E-state index is 0.0540. The predicted molar refractivity (Wildman–Crippen MR) is 133 cm³/mol. The highest BCUT2D eigenvalue weighted by atomic mass is 32.2. The van der Waals surface area contributed by atoms with E-state index < -0.39 is 10.0 Å². The molecule has 2 aromatic heterocycles. The van der Waals surface area contributed by atoms with Crippen LogP contribution in [0.1, 0.15) is 23.2 Å². The Labute approximate surface area is 201 Å². The number of carbonyl (C=O) groups excluding carboxylic acids is 1. The third-order valence-corrected chi connectivity index (χ3v) is 7.52. The number of hydrogen-bond acceptors (Lipinski definition) is 6. The maximum Gasteiger partial charge on any atom is 0.262 e. The fourth-order valence-electron chi connectivity index (χ4n) is 3.62. The number of benzene rings is 2. The average Bonchev–Trinajstić information content (AvgIpc) is 3.61. The van der Waals surface area contributed by atoms with Crippen molar-refractivity contribution in [1.29, 1.82) is 0 Å². The van der Waals surface area contributed by atoms with Crippen molar-refractivity contribution in [3.05, 3.63) is 83.9 Å². The van der Waals surface area contributed by atoms with Crippen molar-refractivity contribution in [2.24, 2.45) is 4.99 Å². The Balaban J connectivity index is 1.43. The Hall–Kier alpha value is -3.76. The lowest BCUT2D eigenvalue weighted by molar-refractivity contribution is 0.102. The van der Waals surface area contributed by atoms with Crippen LogP contribution in [0.15, 0.2) is 88.2 Å². The zero-order valence-electron chi connectivity index (χ0n) is 18.0. The van der Waals surface area contributed by atoms with E-state index >= 15 is 0 Å². The van der Waals surface area contributed by atoms with Crippen LogP contribution in [-0.4, -0.2) is 36.5 Å². The van der Waals surface area contributed by atoms with Crippen molar-refractivity contribution in [3.63, 3.8) is 0 Å². The molecular formula is C24H21N5O3S2. The van der Waals surface area contributed by atoms with Gasteiger partial charge >= 0.3 is 0 Å². The largest absolute Gasteiger partial charge is 0.322 e. The zero-order chi connectivity index (χ0) is 23.5. The fourth-order valence-corrected chi connectivity index (χ4v) is 5.48. The molecule has 4 aromatic rings. The molecule has 8 nitrogen and oxygen atoms in total. The lowest BCUT2D eigenvalue weighted by atomic mass is 10.2. The molecule has 0 saturated heterocycles. The SMILES string of the molecule is O=C(Nc1cccc(S(=O)(=O)NC2=NCCC2)c1)c1cn(-c2ccccc2)nc1-c1cccs1. The van der Waals surface area contributed by atoms with E-state index in [1.165, 1.54) is 23.5 Å². The number of carbonyl (C=O) groups is 1. The summed E-state index contributed by atoms with van der Waals surface area (Å²) < 4.78 is 29.7. The summed E-state index contributed by atoms with van der Waals surface area (Å²) in [5.41, 5.74) is 2.14. The van der Waals surface area contributed by atoms with Crippen molar-refractivity contribution in [3.8, 4) is 16.3 Å². The fraction of sp³-hybridized carbons (Fsp3) is 0.125. The van der Waals surface area contributed by atoms with E-state index in [1.54, 1.807) is 23.0 Å². The number of aromatic nitrogens is 2. The molecule has 2 N–H and O–H groups in total. The lowest BCUT2D eigenvalue weighted by Gasteiger charge is -2.10. The second-order valence-electron chi connectivity index (χ2n) is 7.67. The highest BCUT2D eigenvalue weighted by Crippen LogP contribution is 2.28. The Bertz CT molecular complexity index is 1460. The van der Waals surface area contributed by atoms with Gasteiger partial charge in [0.1, 0.15) is 11.5 Å². The third kappa shape index (κ3) is 4.63. The molecule has 34 heavy (non-hydrogen) atoms. The molecule has 1 aliphatic rings. The molecule has 0 saturated carbocycles. The Morgan fingerprint density at radius 2 is 1.88 bits per heavy atom. The van der Waals surface area contributed by atoms with E-state index in [1.807, 2.05) is 47.8 Å². The number of aliphatic imine (C=N–C) groups is 1. The van der Waals surface area contributed by atoms with Crippen LogP contribution in [0, 0.1) is 0 Å². The number of anilines is 1. The Kier molecular flexibility index (Phi) is 5.99. The number of thiophene rings is 1. The van der Waals surface area contributed by atoms with Gasteiger partial charge in [-0.2, -0.15) is 5.10 Å². The van der Waals surface area contributed by atoms with E-state index in [0.717, 1.165) is 17.0 Å². The second-order valence-corrected chi connectivity index (χ2v) is 10.3. The first-order valence-electron chi connectivity index (χ1n) is 10.7. The topological polar surface area (TPSA) is 105 Å². The number of hydrogen-bond donors (Lipinski definition) is 2. The van der Waals surface area contributed by atoms with Gasteiger partial charge in [0.2, 0.25) is 0 Å². The first-order chi connectivity index (χ1) is 16.5. The van der Waals surface area contributed by atoms with Gasteiger partial charge in [-0.15, -0.1) is 11.3 Å². The number of nitrogens with one attached hydrogen (secondary N) is 2. The minimum atomic E-state index is -3.79. The maximum atomic E-state index is 13.3. The monoisotopic (exact) mass is 491 g/mol. The third-order valence-electron chi connectivity index (χ3n) is 5.26. The van der Waals surface area contributed by atoms with Crippen LogP contribution < -0.4 is 10.0 Å². The molecule has 10 heteroatoms. The van der Waals surface area contributed by atoms with Crippen molar-refractivity contribution >= 4 is 38.8 Å². The standard InChI is InChI=1S/C24H21N5O3S2/c30-24(26-17-7-4-10-19(15-17)34(31,32)28-22-12-5-13-25-22)20-16-29(18-8-2-1-3-9-18)27-23(20)21-11-6-14-33-21/h1-4,6-11,14-16H,5,12-13H2,(H,25,28)(H,26,30). The van der Waals surface area contributed by atoms with Crippen LogP contribution in [0.3, 0.4) is 0 Å². The summed E-state index contributed by atoms with van der Waals surface area (Å²) in [6.07, 6.45) is 3.11. The van der Waals surface area contributed by atoms with Crippen molar-refractivity contribution in [1.82, 2.24) is 14.5 Å². The quantitative estimate of drug-likeness (QED) is 0.419. The minimum Gasteiger partial charge on any atom is -0.322 e. The maximum absolute atomic E-state index is 13.3. The van der Waals surface area contributed by atoms with Crippen molar-refractivity contribution < 1.29 is 13.2 Å². The van der Waals surface area contributed by atoms with Crippen LogP contribution in [0.25, 0.3) is 16.3 Å². The molecule has 0 aliphatic carbocycles. The van der Waals surface area contributed by atoms with Gasteiger partial charge in [-0.05, 0) is 48.2 Å². The molecular weight excluding hydrogens is 470 g/mol. The zero-order valence-corrected chi connectivity index (χ0v) is 19.6. The van der Waals surface area contributed by atoms with Crippen LogP contribution in [-0.2, 0) is 10.0 Å². The van der Waals surface area contributed by atoms with Crippen LogP contribution in [0.2, 0.25) is 0 Å². The normalized spacial score (nSPS) is 13.5. The second kappa shape index (κ2) is 9.24. The molecule has 1 amide bonds. The number of amides is 1. The Morgan fingerprint density at radius 3 is 2.62 bits per heavy atom. The summed E-state index contributed by atoms with van der Waals surface area (Å²) in [7, 11) is -3.79. The molecule has 0 fully saturated rings. The average molecular weight is 492 g/mol. The smallest absolute Gasteiger partial charge is 0.262 e. The van der Waals surface area contributed by atoms with Gasteiger partial charge in [0.15, 0.2) is 0 Å². The van der Waals surface area contributed by atoms with E-state index in [4.69, 9.17) is 0 Å². The molecule has 3 heterocycles. The highest BCUT2D eigenvalue weighted by Gasteiger charge is 2.22. The number of sulfonamides is 1. The molecule has 0 radical (unpaired) electrons. The van der Waals surface area contributed by atoms with E-state index in [2.05, 4.69) is 20.1 Å². The van der Waals surface area contributed by atoms with Crippen molar-refractivity contribution in [2.75, 3.05) is 11.9 Å². The van der Waals surface area contributed by atoms with Gasteiger partial charge in [0.25, 0.3) is 15.9 Å². The summed E-state index contributed by atoms with van der Waals surface area (Å²) in [5, 5.41) is 9.39. The number of rotatable bonds is 6. The number of amidine groups is 1. The molecule has 5 rings (SSSR count). The summed E-state index contributed by atoms with van der Waals surface area (Å²) in [6, 6.07) is 19.5. The molecule has 0 spiro atoms. The lowest BCUT2D eigenvalue weighted by Crippen LogP contribution is -2.29. The van der Waals surface area contributed by atoms with Gasteiger partial charge in [0.05, 0.1) is 21.0 Å². The summed E-state index contributed by atoms with van der Waals surface area (Å²) in [4.78, 5) is 18.4. The Morgan fingerprint density at radius 1 is 1.03 bits per heavy atom. The number of para-hydroxylation sites is 1. The van der Waals surface area contributed by atoms with Gasteiger partial charge in [-0.3, -0.25) is 14.5 Å². The molecule has 172 valence electrons. The van der Waals surface area contributed by atoms with Crippen LogP contribution in [0.5, 0.6) is 0 Å². The molecule has 0 atom stereocenters. The summed E-state index contributed by atoms with van der Waals surface area (Å²) in [6.45, 7) is 0.622. The molecule has 0 unspecified atom stereocenters. The van der Waals surface area contributed by atoms with Gasteiger partial charge in [0, 0.05) is 24.8 Å². The first kappa shape index (κ1) is 22.1. The summed E-state index contributed by atoms with van der Waals surface area (Å²) >= 11 is 1.49. The predicted octanol–water partition coefficient (Wildman–Crippen LogP) is 4.32. The molecule has 0 bridgehead atoms. The van der Waals surface area contributed by atoms with Gasteiger partial charge in [-0.25, -0.2) is 13.1 Å². The van der Waals surface area contributed by atoms with Crippen LogP contribution >= 0.6 is 11.3 Å². The summed E-state index contributed by atoms with van der Waals surface area (Å²) in [5.74, 6) is 0.0802. The van der Waals surface area contributed by atoms with Crippen molar-refractivity contribution in [2.45, 2.75) is 17.7 Å². The van der Waals surface area contributed by atoms with Gasteiger partial charge < -0.3 is 5.32 Å². The van der Waals surface area contributed by atoms with E-state index in [-0.39, 0.29) is 10.8 Å². The number of nitrogens with zero attached hydrogens (tertiary/aromatic N) is 3. The first-order valence-corrected chi connectivity index (χ1v) is 13.0. The van der Waals surface area contributed by atoms with Gasteiger partial charge in [-0.1, -0.05) is 30.3 Å². The van der Waals surface area contributed by atoms with E-state index in [0.29, 0.717) is 35.7 Å². The van der Waals surface area contributed by atoms with E-state index in [9.17, 15) is 13.2 Å². The highest BCUT2D eigenvalue weighted by molar-refractivity contribution is 7.90.